The summed E-state index contributed by atoms with van der Waals surface area (Å²) >= 11 is 5.73. The predicted octanol–water partition coefficient (Wildman–Crippen LogP) is 3.06. The second-order valence-corrected chi connectivity index (χ2v) is 15.4. The van der Waals surface area contributed by atoms with Crippen molar-refractivity contribution in [2.75, 3.05) is 30.5 Å². The molecule has 0 aromatic carbocycles. The monoisotopic (exact) mass is 743 g/mol. The lowest BCUT2D eigenvalue weighted by molar-refractivity contribution is -0.118. The van der Waals surface area contributed by atoms with Crippen LogP contribution in [0.3, 0.4) is 0 Å². The van der Waals surface area contributed by atoms with E-state index >= 15 is 8.78 Å². The number of fused-ring (bicyclic) bond motifs is 4. The van der Waals surface area contributed by atoms with Crippen molar-refractivity contribution in [1.29, 1.82) is 5.26 Å². The summed E-state index contributed by atoms with van der Waals surface area (Å²) in [6, 6.07) is 2.85. The quantitative estimate of drug-likeness (QED) is 0.224. The van der Waals surface area contributed by atoms with Gasteiger partial charge in [0.05, 0.1) is 44.7 Å². The molecule has 3 aliphatic rings. The Labute approximate surface area is 285 Å². The lowest BCUT2D eigenvalue weighted by Gasteiger charge is -2.29. The van der Waals surface area contributed by atoms with Crippen LogP contribution in [0.2, 0.25) is 0 Å². The van der Waals surface area contributed by atoms with Crippen molar-refractivity contribution in [3.63, 3.8) is 0 Å². The molecule has 2 aliphatic heterocycles. The number of hydrogen-bond donors (Lipinski definition) is 3. The molecule has 49 heavy (non-hydrogen) atoms. The molecule has 3 aromatic rings. The Hall–Kier alpha value is -3.11. The van der Waals surface area contributed by atoms with Crippen molar-refractivity contribution in [3.05, 3.63) is 35.3 Å². The van der Waals surface area contributed by atoms with E-state index in [-0.39, 0.29) is 49.8 Å². The maximum atomic E-state index is 16.2. The summed E-state index contributed by atoms with van der Waals surface area (Å²) in [6.45, 7) is -1.23. The molecule has 3 fully saturated rings. The molecule has 3 N–H and O–H groups in total. The summed E-state index contributed by atoms with van der Waals surface area (Å²) < 4.78 is 68.9. The van der Waals surface area contributed by atoms with E-state index < -0.39 is 82.0 Å². The fourth-order valence-corrected chi connectivity index (χ4v) is 8.39. The number of imidazole rings is 1. The molecule has 3 unspecified atom stereocenters. The van der Waals surface area contributed by atoms with Crippen LogP contribution in [0.15, 0.2) is 29.7 Å². The van der Waals surface area contributed by atoms with Gasteiger partial charge in [0.15, 0.2) is 32.6 Å². The van der Waals surface area contributed by atoms with E-state index in [0.717, 1.165) is 0 Å². The molecule has 1 saturated carbocycles. The second-order valence-electron chi connectivity index (χ2n) is 11.7. The van der Waals surface area contributed by atoms with Gasteiger partial charge in [-0.25, -0.2) is 23.7 Å². The molecular weight excluding hydrogens is 710 g/mol. The Balaban J connectivity index is 1.29. The number of rotatable bonds is 8. The van der Waals surface area contributed by atoms with Crippen LogP contribution < -0.4 is 16.2 Å². The molecule has 17 nitrogen and oxygen atoms in total. The molecule has 1 aliphatic carbocycles. The highest BCUT2D eigenvalue weighted by Crippen LogP contribution is 2.56. The van der Waals surface area contributed by atoms with Crippen molar-refractivity contribution < 1.29 is 40.9 Å². The lowest BCUT2D eigenvalue weighted by atomic mass is 10.1. The van der Waals surface area contributed by atoms with E-state index in [1.54, 1.807) is 19.9 Å². The lowest BCUT2D eigenvalue weighted by Crippen LogP contribution is -2.33. The van der Waals surface area contributed by atoms with Crippen LogP contribution in [0.5, 0.6) is 0 Å². The van der Waals surface area contributed by atoms with E-state index in [1.807, 2.05) is 6.07 Å². The van der Waals surface area contributed by atoms with E-state index in [4.69, 9.17) is 44.4 Å². The number of aromatic amines is 1. The number of H-pyrrole nitrogens is 1. The molecule has 10 atom stereocenters. The third kappa shape index (κ3) is 7.95. The number of halogens is 2. The summed E-state index contributed by atoms with van der Waals surface area (Å²) in [5.74, 6) is -1.09. The van der Waals surface area contributed by atoms with Crippen LogP contribution in [-0.2, 0) is 44.0 Å². The Morgan fingerprint density at radius 2 is 2.14 bits per heavy atom. The molecule has 6 rings (SSSR count). The van der Waals surface area contributed by atoms with Crippen LogP contribution in [0.4, 0.5) is 20.5 Å². The molecule has 0 radical (unpaired) electrons. The smallest absolute Gasteiger partial charge is 0.327 e. The molecule has 2 saturated heterocycles. The van der Waals surface area contributed by atoms with Gasteiger partial charge in [0.25, 0.3) is 5.56 Å². The van der Waals surface area contributed by atoms with Gasteiger partial charge in [-0.1, -0.05) is 13.8 Å². The third-order valence-electron chi connectivity index (χ3n) is 8.02. The van der Waals surface area contributed by atoms with Gasteiger partial charge in [-0.3, -0.25) is 29.0 Å². The van der Waals surface area contributed by atoms with E-state index in [2.05, 4.69) is 35.6 Å². The molecular formula is C27H33F2N9O8P2S. The van der Waals surface area contributed by atoms with Gasteiger partial charge in [0.1, 0.15) is 36.6 Å². The van der Waals surface area contributed by atoms with Crippen molar-refractivity contribution in [2.24, 2.45) is 11.8 Å². The molecule has 1 amide bonds. The number of nitrogens with one attached hydrogen (secondary N) is 3. The zero-order valence-corrected chi connectivity index (χ0v) is 28.8. The summed E-state index contributed by atoms with van der Waals surface area (Å²) in [7, 11) is -0.682. The topological polar surface area (TPSA) is 210 Å². The van der Waals surface area contributed by atoms with Gasteiger partial charge in [0, 0.05) is 18.0 Å². The largest absolute Gasteiger partial charge is 0.364 e. The zero-order valence-electron chi connectivity index (χ0n) is 26.1. The normalized spacial score (nSPS) is 32.6. The van der Waals surface area contributed by atoms with Gasteiger partial charge in [-0.2, -0.15) is 10.2 Å². The van der Waals surface area contributed by atoms with Gasteiger partial charge in [-0.15, -0.1) is 0 Å². The number of amides is 1. The molecule has 22 heteroatoms. The predicted molar refractivity (Wildman–Crippen MR) is 173 cm³/mol. The van der Waals surface area contributed by atoms with E-state index in [9.17, 15) is 9.59 Å². The number of nitriles is 1. The molecule has 5 heterocycles. The fourth-order valence-electron chi connectivity index (χ4n) is 5.55. The number of carbonyl (C=O) groups excluding carboxylic acids is 1. The number of aromatic nitrogens is 6. The van der Waals surface area contributed by atoms with E-state index in [1.165, 1.54) is 23.4 Å². The molecule has 0 spiro atoms. The van der Waals surface area contributed by atoms with E-state index in [0.29, 0.717) is 5.82 Å². The number of anilines is 2. The second kappa shape index (κ2) is 15.4. The highest BCUT2D eigenvalue weighted by Gasteiger charge is 2.52. The summed E-state index contributed by atoms with van der Waals surface area (Å²) in [5.41, 5.74) is -0.803. The Morgan fingerprint density at radius 3 is 2.90 bits per heavy atom. The number of carbonyl (C=O) groups is 1. The Bertz CT molecular complexity index is 1790. The van der Waals surface area contributed by atoms with Gasteiger partial charge in [0.2, 0.25) is 11.9 Å². The molecule has 3 aromatic heterocycles. The fraction of sp³-hybridized carbons (Fsp3) is 0.593. The summed E-state index contributed by atoms with van der Waals surface area (Å²) in [4.78, 5) is 44.1. The SMILES string of the molecule is CC(C)C(=O)Nc1nc2c(ncn2[C@@H]2OC3COPO[C@@H]4[C@@H](COP(=S)(OCCC#N)O[C@@H]2[C@@H]3F)C[C@@H](Nc2ccncn2)[C@@H]4F)c(=O)[nH]1. The standard InChI is InChI=1S/C27H33F2N9O8P2S/c1-13(2)24(39)36-27-35-23-20(25(40)37-27)33-12-38(23)26-22-19(29)16(44-26)10-41-47-45-21-14(9-43-48(49,46-22)42-7-3-5-30)8-15(18(21)28)34-17-4-6-31-11-32-17/h4,6,11-16,18-19,21-22,26,47H,3,7-10H2,1-2H3,(H,31,32,34)(H2,35,36,37,39,40)/t14-,15-,16?,18+,19-,21-,22-,26-,48?/m1/s1. The van der Waals surface area contributed by atoms with Crippen molar-refractivity contribution in [3.8, 4) is 6.07 Å². The average Bonchev–Trinajstić information content (AvgIpc) is 3.72. The van der Waals surface area contributed by atoms with Crippen molar-refractivity contribution >= 4 is 56.4 Å². The summed E-state index contributed by atoms with van der Waals surface area (Å²) in [5, 5.41) is 14.7. The molecule has 2 bridgehead atoms. The number of alkyl halides is 2. The first-order valence-corrected chi connectivity index (χ1v) is 18.6. The van der Waals surface area contributed by atoms with Crippen molar-refractivity contribution in [2.45, 2.75) is 69.6 Å². The first-order valence-electron chi connectivity index (χ1n) is 15.3. The minimum absolute atomic E-state index is 0.0360. The maximum absolute atomic E-state index is 16.2. The minimum Gasteiger partial charge on any atom is -0.364 e. The van der Waals surface area contributed by atoms with Crippen LogP contribution in [-0.4, -0.2) is 91.9 Å². The Morgan fingerprint density at radius 1 is 1.31 bits per heavy atom. The van der Waals surface area contributed by atoms with Crippen LogP contribution in [0.1, 0.15) is 32.9 Å². The third-order valence-corrected chi connectivity index (χ3v) is 11.0. The first-order chi connectivity index (χ1) is 23.6. The van der Waals surface area contributed by atoms with Gasteiger partial charge in [-0.05, 0) is 24.3 Å². The maximum Gasteiger partial charge on any atom is 0.327 e. The highest BCUT2D eigenvalue weighted by molar-refractivity contribution is 8.07. The van der Waals surface area contributed by atoms with Gasteiger partial charge >= 0.3 is 6.72 Å². The van der Waals surface area contributed by atoms with Gasteiger partial charge < -0.3 is 28.1 Å². The minimum atomic E-state index is -3.87. The summed E-state index contributed by atoms with van der Waals surface area (Å²) in [6.07, 6.45) is -4.17. The van der Waals surface area contributed by atoms with Crippen LogP contribution in [0, 0.1) is 23.2 Å². The van der Waals surface area contributed by atoms with Crippen LogP contribution in [0.25, 0.3) is 11.2 Å². The first kappa shape index (κ1) is 35.7. The average molecular weight is 744 g/mol. The number of hydrogen-bond acceptors (Lipinski definition) is 15. The highest BCUT2D eigenvalue weighted by atomic mass is 32.5. The molecule has 264 valence electrons. The van der Waals surface area contributed by atoms with Crippen LogP contribution >= 0.6 is 15.8 Å². The van der Waals surface area contributed by atoms with Crippen molar-refractivity contribution in [1.82, 2.24) is 29.5 Å². The zero-order chi connectivity index (χ0) is 34.7. The Kier molecular flexibility index (Phi) is 11.2. The number of nitrogens with zero attached hydrogens (tertiary/aromatic N) is 6. The number of ether oxygens (including phenoxy) is 1.